The lowest BCUT2D eigenvalue weighted by atomic mass is 9.96. The summed E-state index contributed by atoms with van der Waals surface area (Å²) in [5.41, 5.74) is 3.94. The van der Waals surface area contributed by atoms with E-state index in [2.05, 4.69) is 66.2 Å². The fraction of sp³-hybridized carbons (Fsp3) is 0.520. The van der Waals surface area contributed by atoms with E-state index in [0.717, 1.165) is 36.9 Å². The lowest BCUT2D eigenvalue weighted by Gasteiger charge is -2.33. The van der Waals surface area contributed by atoms with Gasteiger partial charge in [-0.05, 0) is 87.1 Å². The molecule has 1 fully saturated rings. The molecule has 1 aliphatic heterocycles. The summed E-state index contributed by atoms with van der Waals surface area (Å²) in [4.78, 5) is 5.09. The molecule has 0 bridgehead atoms. The second-order valence-electron chi connectivity index (χ2n) is 8.38. The Balaban J connectivity index is 1.65. The van der Waals surface area contributed by atoms with Gasteiger partial charge in [-0.15, -0.1) is 0 Å². The Morgan fingerprint density at radius 1 is 0.966 bits per heavy atom. The van der Waals surface area contributed by atoms with Crippen LogP contribution in [0.1, 0.15) is 29.5 Å². The molecule has 0 aliphatic carbocycles. The molecule has 0 amide bonds. The number of rotatable bonds is 9. The van der Waals surface area contributed by atoms with E-state index >= 15 is 0 Å². The van der Waals surface area contributed by atoms with Crippen LogP contribution < -0.4 is 9.47 Å². The van der Waals surface area contributed by atoms with Gasteiger partial charge in [0.2, 0.25) is 0 Å². The van der Waals surface area contributed by atoms with Gasteiger partial charge in [0.1, 0.15) is 11.5 Å². The summed E-state index contributed by atoms with van der Waals surface area (Å²) in [7, 11) is 5.69. The van der Waals surface area contributed by atoms with Crippen molar-refractivity contribution >= 4 is 0 Å². The van der Waals surface area contributed by atoms with Crippen molar-refractivity contribution in [1.82, 2.24) is 9.80 Å². The number of hydrogen-bond acceptors (Lipinski definition) is 4. The maximum atomic E-state index is 5.43. The van der Waals surface area contributed by atoms with Crippen LogP contribution in [0.15, 0.2) is 42.5 Å². The van der Waals surface area contributed by atoms with E-state index in [4.69, 9.17) is 9.47 Å². The Labute approximate surface area is 176 Å². The highest BCUT2D eigenvalue weighted by Gasteiger charge is 2.20. The summed E-state index contributed by atoms with van der Waals surface area (Å²) in [6.07, 6.45) is 3.67. The first-order valence-corrected chi connectivity index (χ1v) is 10.7. The van der Waals surface area contributed by atoms with E-state index in [1.807, 2.05) is 0 Å². The first-order valence-electron chi connectivity index (χ1n) is 10.7. The van der Waals surface area contributed by atoms with Gasteiger partial charge in [-0.3, -0.25) is 4.90 Å². The third kappa shape index (κ3) is 6.48. The molecule has 4 nitrogen and oxygen atoms in total. The zero-order valence-corrected chi connectivity index (χ0v) is 18.5. The molecule has 2 aromatic carbocycles. The average Bonchev–Trinajstić information content (AvgIpc) is 2.74. The maximum absolute atomic E-state index is 5.43. The Morgan fingerprint density at radius 2 is 1.66 bits per heavy atom. The van der Waals surface area contributed by atoms with Crippen LogP contribution in [0.5, 0.6) is 11.5 Å². The van der Waals surface area contributed by atoms with Gasteiger partial charge < -0.3 is 14.4 Å². The number of likely N-dealkylation sites (tertiary alicyclic amines) is 1. The molecule has 0 radical (unpaired) electrons. The molecule has 0 spiro atoms. The minimum Gasteiger partial charge on any atom is -0.497 e. The number of hydrogen-bond donors (Lipinski definition) is 0. The summed E-state index contributed by atoms with van der Waals surface area (Å²) in [6.45, 7) is 7.81. The molecule has 1 heterocycles. The van der Waals surface area contributed by atoms with Crippen LogP contribution in [0, 0.1) is 12.8 Å². The third-order valence-corrected chi connectivity index (χ3v) is 6.10. The van der Waals surface area contributed by atoms with Crippen molar-refractivity contribution in [2.24, 2.45) is 5.92 Å². The van der Waals surface area contributed by atoms with Crippen LogP contribution in [-0.4, -0.2) is 57.2 Å². The third-order valence-electron chi connectivity index (χ3n) is 6.10. The smallest absolute Gasteiger partial charge is 0.121 e. The SMILES string of the molecule is COc1ccc(CCN(Cc2ccc(OC)c(C)c2)CC2CCN(C)CC2)cc1. The van der Waals surface area contributed by atoms with Crippen molar-refractivity contribution in [2.75, 3.05) is 47.4 Å². The van der Waals surface area contributed by atoms with E-state index < -0.39 is 0 Å². The van der Waals surface area contributed by atoms with Crippen LogP contribution in [0.4, 0.5) is 0 Å². The minimum absolute atomic E-state index is 0.793. The van der Waals surface area contributed by atoms with E-state index in [9.17, 15) is 0 Å². The van der Waals surface area contributed by atoms with Crippen molar-refractivity contribution in [3.8, 4) is 11.5 Å². The van der Waals surface area contributed by atoms with Gasteiger partial charge in [0, 0.05) is 19.6 Å². The Kier molecular flexibility index (Phi) is 7.96. The molecule has 0 aromatic heterocycles. The molecular formula is C25H36N2O2. The van der Waals surface area contributed by atoms with E-state index in [1.54, 1.807) is 14.2 Å². The summed E-state index contributed by atoms with van der Waals surface area (Å²) >= 11 is 0. The van der Waals surface area contributed by atoms with Crippen molar-refractivity contribution in [1.29, 1.82) is 0 Å². The average molecular weight is 397 g/mol. The molecule has 29 heavy (non-hydrogen) atoms. The molecule has 0 saturated carbocycles. The molecule has 158 valence electrons. The summed E-state index contributed by atoms with van der Waals surface area (Å²) in [5.74, 6) is 2.68. The fourth-order valence-electron chi connectivity index (χ4n) is 4.22. The van der Waals surface area contributed by atoms with E-state index in [0.29, 0.717) is 0 Å². The number of piperidine rings is 1. The summed E-state index contributed by atoms with van der Waals surface area (Å²) < 4.78 is 10.7. The first-order chi connectivity index (χ1) is 14.1. The molecule has 0 N–H and O–H groups in total. The van der Waals surface area contributed by atoms with Crippen LogP contribution in [0.25, 0.3) is 0 Å². The maximum Gasteiger partial charge on any atom is 0.121 e. The molecule has 0 unspecified atom stereocenters. The Bertz CT molecular complexity index is 752. The van der Waals surface area contributed by atoms with Gasteiger partial charge in [0.05, 0.1) is 14.2 Å². The number of nitrogens with zero attached hydrogens (tertiary/aromatic N) is 2. The summed E-state index contributed by atoms with van der Waals surface area (Å²) in [5, 5.41) is 0. The van der Waals surface area contributed by atoms with Gasteiger partial charge in [0.25, 0.3) is 0 Å². The Morgan fingerprint density at radius 3 is 2.28 bits per heavy atom. The minimum atomic E-state index is 0.793. The molecule has 1 saturated heterocycles. The van der Waals surface area contributed by atoms with Crippen molar-refractivity contribution in [3.63, 3.8) is 0 Å². The predicted octanol–water partition coefficient (Wildman–Crippen LogP) is 4.40. The van der Waals surface area contributed by atoms with Crippen molar-refractivity contribution < 1.29 is 9.47 Å². The number of methoxy groups -OCH3 is 2. The molecule has 4 heteroatoms. The molecule has 0 atom stereocenters. The van der Waals surface area contributed by atoms with Crippen molar-refractivity contribution in [2.45, 2.75) is 32.7 Å². The lowest BCUT2D eigenvalue weighted by molar-refractivity contribution is 0.157. The standard InChI is InChI=1S/C25H36N2O2/c1-20-17-23(7-10-25(20)29-4)19-27(18-22-11-14-26(2)15-12-22)16-13-21-5-8-24(28-3)9-6-21/h5-10,17,22H,11-16,18-19H2,1-4H3. The topological polar surface area (TPSA) is 24.9 Å². The number of aryl methyl sites for hydroxylation is 1. The van der Waals surface area contributed by atoms with Gasteiger partial charge in [-0.25, -0.2) is 0 Å². The van der Waals surface area contributed by atoms with Gasteiger partial charge in [-0.1, -0.05) is 24.3 Å². The molecular weight excluding hydrogens is 360 g/mol. The predicted molar refractivity (Wildman–Crippen MR) is 120 cm³/mol. The highest BCUT2D eigenvalue weighted by atomic mass is 16.5. The normalized spacial score (nSPS) is 15.6. The fourth-order valence-corrected chi connectivity index (χ4v) is 4.22. The second kappa shape index (κ2) is 10.7. The van der Waals surface area contributed by atoms with Crippen LogP contribution in [0.3, 0.4) is 0 Å². The van der Waals surface area contributed by atoms with Gasteiger partial charge >= 0.3 is 0 Å². The zero-order valence-electron chi connectivity index (χ0n) is 18.5. The molecule has 1 aliphatic rings. The summed E-state index contributed by atoms with van der Waals surface area (Å²) in [6, 6.07) is 15.1. The van der Waals surface area contributed by atoms with Gasteiger partial charge in [-0.2, -0.15) is 0 Å². The quantitative estimate of drug-likeness (QED) is 0.627. The van der Waals surface area contributed by atoms with Crippen LogP contribution in [0.2, 0.25) is 0 Å². The number of ether oxygens (including phenoxy) is 2. The largest absolute Gasteiger partial charge is 0.497 e. The Hall–Kier alpha value is -2.04. The highest BCUT2D eigenvalue weighted by Crippen LogP contribution is 2.22. The number of benzene rings is 2. The zero-order chi connectivity index (χ0) is 20.6. The molecule has 3 rings (SSSR count). The lowest BCUT2D eigenvalue weighted by Crippen LogP contribution is -2.37. The van der Waals surface area contributed by atoms with E-state index in [-0.39, 0.29) is 0 Å². The van der Waals surface area contributed by atoms with Crippen LogP contribution >= 0.6 is 0 Å². The molecule has 2 aromatic rings. The van der Waals surface area contributed by atoms with Crippen LogP contribution in [-0.2, 0) is 13.0 Å². The monoisotopic (exact) mass is 396 g/mol. The first kappa shape index (κ1) is 21.7. The second-order valence-corrected chi connectivity index (χ2v) is 8.38. The van der Waals surface area contributed by atoms with Crippen molar-refractivity contribution in [3.05, 3.63) is 59.2 Å². The van der Waals surface area contributed by atoms with E-state index in [1.165, 1.54) is 49.2 Å². The van der Waals surface area contributed by atoms with Gasteiger partial charge in [0.15, 0.2) is 0 Å². The highest BCUT2D eigenvalue weighted by molar-refractivity contribution is 5.36.